The van der Waals surface area contributed by atoms with Crippen molar-refractivity contribution in [3.05, 3.63) is 0 Å². The molecule has 0 bridgehead atoms. The number of carbonyl (C=O) groups is 1. The molecule has 106 valence electrons. The van der Waals surface area contributed by atoms with E-state index in [0.717, 1.165) is 32.9 Å². The Morgan fingerprint density at radius 3 is 2.50 bits per heavy atom. The second-order valence-corrected chi connectivity index (χ2v) is 5.90. The number of piperidine rings is 1. The molecule has 0 atom stereocenters. The molecule has 1 saturated heterocycles. The van der Waals surface area contributed by atoms with Crippen LogP contribution in [-0.4, -0.2) is 51.6 Å². The Balaban J connectivity index is 2.44. The van der Waals surface area contributed by atoms with Gasteiger partial charge in [-0.05, 0) is 25.8 Å². The van der Waals surface area contributed by atoms with E-state index in [-0.39, 0.29) is 0 Å². The van der Waals surface area contributed by atoms with Crippen LogP contribution in [0.1, 0.15) is 26.2 Å². The lowest BCUT2D eigenvalue weighted by Gasteiger charge is -2.31. The average Bonchev–Trinajstić information content (AvgIpc) is 2.36. The summed E-state index contributed by atoms with van der Waals surface area (Å²) in [7, 11) is -2.63. The van der Waals surface area contributed by atoms with Gasteiger partial charge in [-0.25, -0.2) is 9.52 Å². The Hall–Kier alpha value is -0.860. The second-order valence-electron chi connectivity index (χ2n) is 4.23. The molecule has 0 unspecified atom stereocenters. The fraction of sp³-hybridized carbons (Fsp3) is 0.900. The first-order valence-corrected chi connectivity index (χ1v) is 7.52. The molecule has 0 aromatic rings. The third kappa shape index (κ3) is 4.43. The standard InChI is InChI=1S/C10H21N3O4S/c1-3-6-11-9-4-7-13(8-5-9)18(15,16)12-10(14)17-2/h9,11H,3-8H2,1-2H3,(H,12,14). The van der Waals surface area contributed by atoms with Gasteiger partial charge in [-0.2, -0.15) is 12.7 Å². The number of nitrogens with zero attached hydrogens (tertiary/aromatic N) is 1. The summed E-state index contributed by atoms with van der Waals surface area (Å²) in [6, 6.07) is 0.356. The van der Waals surface area contributed by atoms with Crippen LogP contribution in [0.25, 0.3) is 0 Å². The molecule has 8 heteroatoms. The average molecular weight is 279 g/mol. The quantitative estimate of drug-likeness (QED) is 0.742. The van der Waals surface area contributed by atoms with E-state index in [2.05, 4.69) is 17.0 Å². The molecule has 0 saturated carbocycles. The molecular formula is C10H21N3O4S. The molecule has 1 fully saturated rings. The summed E-state index contributed by atoms with van der Waals surface area (Å²) in [6.45, 7) is 3.85. The van der Waals surface area contributed by atoms with Crippen LogP contribution in [0.5, 0.6) is 0 Å². The van der Waals surface area contributed by atoms with Gasteiger partial charge in [0.1, 0.15) is 0 Å². The zero-order valence-electron chi connectivity index (χ0n) is 10.8. The fourth-order valence-electron chi connectivity index (χ4n) is 1.86. The molecule has 1 aliphatic rings. The normalized spacial score (nSPS) is 18.6. The van der Waals surface area contributed by atoms with Crippen molar-refractivity contribution in [2.45, 2.75) is 32.2 Å². The SMILES string of the molecule is CCCNC1CCN(S(=O)(=O)NC(=O)OC)CC1. The smallest absolute Gasteiger partial charge is 0.421 e. The highest BCUT2D eigenvalue weighted by atomic mass is 32.2. The van der Waals surface area contributed by atoms with Crippen LogP contribution in [0.4, 0.5) is 4.79 Å². The van der Waals surface area contributed by atoms with Gasteiger partial charge in [0.15, 0.2) is 0 Å². The van der Waals surface area contributed by atoms with Gasteiger partial charge in [-0.1, -0.05) is 6.92 Å². The Morgan fingerprint density at radius 2 is 2.00 bits per heavy atom. The van der Waals surface area contributed by atoms with Crippen LogP contribution in [0.15, 0.2) is 0 Å². The number of amides is 1. The minimum atomic E-state index is -3.76. The number of hydrogen-bond acceptors (Lipinski definition) is 5. The van der Waals surface area contributed by atoms with Crippen LogP contribution < -0.4 is 10.0 Å². The van der Waals surface area contributed by atoms with Gasteiger partial charge in [-0.15, -0.1) is 0 Å². The number of methoxy groups -OCH3 is 1. The van der Waals surface area contributed by atoms with Crippen LogP contribution in [0.3, 0.4) is 0 Å². The lowest BCUT2D eigenvalue weighted by molar-refractivity contribution is 0.176. The maximum atomic E-state index is 11.8. The van der Waals surface area contributed by atoms with E-state index < -0.39 is 16.3 Å². The third-order valence-corrected chi connectivity index (χ3v) is 4.34. The Labute approximate surface area is 108 Å². The van der Waals surface area contributed by atoms with Crippen LogP contribution in [0.2, 0.25) is 0 Å². The number of carbonyl (C=O) groups excluding carboxylic acids is 1. The summed E-state index contributed by atoms with van der Waals surface area (Å²) < 4.78 is 30.9. The molecule has 0 radical (unpaired) electrons. The molecule has 0 aromatic carbocycles. The maximum Gasteiger partial charge on any atom is 0.421 e. The predicted octanol–water partition coefficient (Wildman–Crippen LogP) is 0.0512. The van der Waals surface area contributed by atoms with Crippen molar-refractivity contribution in [1.82, 2.24) is 14.3 Å². The van der Waals surface area contributed by atoms with Gasteiger partial charge in [-0.3, -0.25) is 0 Å². The molecule has 0 aliphatic carbocycles. The lowest BCUT2D eigenvalue weighted by atomic mass is 10.1. The molecular weight excluding hydrogens is 258 g/mol. The van der Waals surface area contributed by atoms with Crippen molar-refractivity contribution in [3.63, 3.8) is 0 Å². The van der Waals surface area contributed by atoms with E-state index in [1.807, 2.05) is 4.72 Å². The van der Waals surface area contributed by atoms with Gasteiger partial charge < -0.3 is 10.1 Å². The highest BCUT2D eigenvalue weighted by Gasteiger charge is 2.29. The van der Waals surface area contributed by atoms with Crippen molar-refractivity contribution in [3.8, 4) is 0 Å². The first-order valence-electron chi connectivity index (χ1n) is 6.08. The minimum absolute atomic E-state index is 0.356. The zero-order chi connectivity index (χ0) is 13.6. The van der Waals surface area contributed by atoms with Crippen molar-refractivity contribution in [2.75, 3.05) is 26.7 Å². The summed E-state index contributed by atoms with van der Waals surface area (Å²) in [5.41, 5.74) is 0. The molecule has 18 heavy (non-hydrogen) atoms. The van der Waals surface area contributed by atoms with Crippen molar-refractivity contribution < 1.29 is 17.9 Å². The first kappa shape index (κ1) is 15.2. The molecule has 2 N–H and O–H groups in total. The molecule has 1 amide bonds. The van der Waals surface area contributed by atoms with E-state index in [1.165, 1.54) is 4.31 Å². The van der Waals surface area contributed by atoms with E-state index >= 15 is 0 Å². The summed E-state index contributed by atoms with van der Waals surface area (Å²) >= 11 is 0. The van der Waals surface area contributed by atoms with E-state index in [4.69, 9.17) is 0 Å². The van der Waals surface area contributed by atoms with Crippen molar-refractivity contribution in [2.24, 2.45) is 0 Å². The summed E-state index contributed by atoms with van der Waals surface area (Å²) in [6.07, 6.45) is 1.60. The molecule has 7 nitrogen and oxygen atoms in total. The van der Waals surface area contributed by atoms with Gasteiger partial charge >= 0.3 is 16.3 Å². The monoisotopic (exact) mass is 279 g/mol. The lowest BCUT2D eigenvalue weighted by Crippen LogP contribution is -2.50. The highest BCUT2D eigenvalue weighted by Crippen LogP contribution is 2.13. The molecule has 1 rings (SSSR count). The molecule has 1 heterocycles. The molecule has 0 spiro atoms. The molecule has 0 aromatic heterocycles. The largest absolute Gasteiger partial charge is 0.452 e. The van der Waals surface area contributed by atoms with Crippen LogP contribution in [-0.2, 0) is 14.9 Å². The van der Waals surface area contributed by atoms with Gasteiger partial charge in [0.2, 0.25) is 0 Å². The maximum absolute atomic E-state index is 11.8. The Morgan fingerprint density at radius 1 is 1.39 bits per heavy atom. The van der Waals surface area contributed by atoms with Crippen LogP contribution >= 0.6 is 0 Å². The summed E-state index contributed by atoms with van der Waals surface area (Å²) in [5.74, 6) is 0. The number of hydrogen-bond donors (Lipinski definition) is 2. The fourth-order valence-corrected chi connectivity index (χ4v) is 2.97. The zero-order valence-corrected chi connectivity index (χ0v) is 11.6. The highest BCUT2D eigenvalue weighted by molar-refractivity contribution is 7.87. The van der Waals surface area contributed by atoms with E-state index in [0.29, 0.717) is 19.1 Å². The van der Waals surface area contributed by atoms with Crippen LogP contribution in [0, 0.1) is 0 Å². The van der Waals surface area contributed by atoms with Gasteiger partial charge in [0.05, 0.1) is 7.11 Å². The van der Waals surface area contributed by atoms with Crippen molar-refractivity contribution >= 4 is 16.3 Å². The van der Waals surface area contributed by atoms with E-state index in [1.54, 1.807) is 0 Å². The minimum Gasteiger partial charge on any atom is -0.452 e. The molecule has 1 aliphatic heterocycles. The van der Waals surface area contributed by atoms with Crippen molar-refractivity contribution in [1.29, 1.82) is 0 Å². The van der Waals surface area contributed by atoms with Gasteiger partial charge in [0, 0.05) is 19.1 Å². The topological polar surface area (TPSA) is 87.7 Å². The third-order valence-electron chi connectivity index (χ3n) is 2.87. The van der Waals surface area contributed by atoms with Gasteiger partial charge in [0.25, 0.3) is 0 Å². The summed E-state index contributed by atoms with van der Waals surface area (Å²) in [4.78, 5) is 10.9. The second kappa shape index (κ2) is 6.91. The predicted molar refractivity (Wildman–Crippen MR) is 67.3 cm³/mol. The van der Waals surface area contributed by atoms with E-state index in [9.17, 15) is 13.2 Å². The Bertz CT molecular complexity index is 363. The summed E-state index contributed by atoms with van der Waals surface area (Å²) in [5, 5.41) is 3.36. The number of nitrogens with one attached hydrogen (secondary N) is 2. The number of rotatable bonds is 5. The Kier molecular flexibility index (Phi) is 5.83. The first-order chi connectivity index (χ1) is 8.49. The number of ether oxygens (including phenoxy) is 1.